The van der Waals surface area contributed by atoms with Crippen LogP contribution in [0.15, 0.2) is 93.5 Å². The number of rotatable bonds is 12. The maximum Gasteiger partial charge on any atom is 0.240 e. The van der Waals surface area contributed by atoms with Crippen molar-refractivity contribution < 1.29 is 17.6 Å². The number of benzene rings is 2. The number of amides is 1. The van der Waals surface area contributed by atoms with Gasteiger partial charge in [0.05, 0.1) is 16.1 Å². The Balaban J connectivity index is 1.25. The number of thioether (sulfide) groups is 1. The zero-order valence-corrected chi connectivity index (χ0v) is 22.8. The van der Waals surface area contributed by atoms with Crippen LogP contribution >= 0.6 is 11.8 Å². The first-order valence-electron chi connectivity index (χ1n) is 12.0. The molecule has 38 heavy (non-hydrogen) atoms. The van der Waals surface area contributed by atoms with E-state index in [-0.39, 0.29) is 23.9 Å². The maximum atomic E-state index is 12.6. The van der Waals surface area contributed by atoms with E-state index < -0.39 is 10.0 Å². The number of pyridine rings is 1. The van der Waals surface area contributed by atoms with Crippen LogP contribution < -0.4 is 14.9 Å². The molecule has 0 aliphatic rings. The number of hydrogen-bond acceptors (Lipinski definition) is 8. The molecule has 0 saturated carbocycles. The van der Waals surface area contributed by atoms with Crippen molar-refractivity contribution in [1.82, 2.24) is 20.0 Å². The van der Waals surface area contributed by atoms with Crippen molar-refractivity contribution in [2.75, 3.05) is 37.8 Å². The predicted octanol–water partition coefficient (Wildman–Crippen LogP) is 4.05. The van der Waals surface area contributed by atoms with Gasteiger partial charge in [0.2, 0.25) is 21.8 Å². The van der Waals surface area contributed by atoms with Crippen LogP contribution in [-0.4, -0.2) is 57.2 Å². The second kappa shape index (κ2) is 12.7. The van der Waals surface area contributed by atoms with Crippen LogP contribution in [0.4, 0.5) is 5.69 Å². The molecule has 4 aromatic rings. The van der Waals surface area contributed by atoms with Gasteiger partial charge in [0.15, 0.2) is 5.76 Å². The zero-order chi connectivity index (χ0) is 27.0. The molecule has 2 N–H and O–H groups in total. The largest absolute Gasteiger partial charge is 0.436 e. The summed E-state index contributed by atoms with van der Waals surface area (Å²) >= 11 is 1.49. The highest BCUT2D eigenvalue weighted by Gasteiger charge is 2.15. The number of carbonyl (C=O) groups excluding carboxylic acids is 1. The van der Waals surface area contributed by atoms with Gasteiger partial charge in [-0.2, -0.15) is 0 Å². The Morgan fingerprint density at radius 2 is 1.68 bits per heavy atom. The molecule has 0 radical (unpaired) electrons. The summed E-state index contributed by atoms with van der Waals surface area (Å²) in [6, 6.07) is 19.8. The lowest BCUT2D eigenvalue weighted by Gasteiger charge is -2.11. The lowest BCUT2D eigenvalue weighted by atomic mass is 10.1. The molecule has 2 heterocycles. The Bertz CT molecular complexity index is 1440. The highest BCUT2D eigenvalue weighted by molar-refractivity contribution is 7.99. The molecule has 2 aromatic heterocycles. The smallest absolute Gasteiger partial charge is 0.240 e. The Labute approximate surface area is 226 Å². The van der Waals surface area contributed by atoms with Gasteiger partial charge < -0.3 is 14.6 Å². The molecule has 1 amide bonds. The van der Waals surface area contributed by atoms with E-state index >= 15 is 0 Å². The molecule has 0 bridgehead atoms. The number of nitrogens with zero attached hydrogens (tertiary/aromatic N) is 3. The molecule has 0 fully saturated rings. The van der Waals surface area contributed by atoms with Gasteiger partial charge >= 0.3 is 0 Å². The van der Waals surface area contributed by atoms with Gasteiger partial charge in [-0.25, -0.2) is 23.1 Å². The quantitative estimate of drug-likeness (QED) is 0.200. The van der Waals surface area contributed by atoms with Gasteiger partial charge in [-0.15, -0.1) is 11.8 Å². The molecule has 0 aliphatic heterocycles. The van der Waals surface area contributed by atoms with Crippen molar-refractivity contribution in [2.24, 2.45) is 0 Å². The highest BCUT2D eigenvalue weighted by atomic mass is 32.2. The number of carbonyl (C=O) groups is 1. The van der Waals surface area contributed by atoms with E-state index in [4.69, 9.17) is 4.42 Å². The van der Waals surface area contributed by atoms with E-state index in [1.165, 1.54) is 23.9 Å². The van der Waals surface area contributed by atoms with Gasteiger partial charge in [-0.05, 0) is 60.7 Å². The topological polar surface area (TPSA) is 117 Å². The Kier molecular flexibility index (Phi) is 9.16. The predicted molar refractivity (Wildman–Crippen MR) is 149 cm³/mol. The third-order valence-corrected chi connectivity index (χ3v) is 7.96. The van der Waals surface area contributed by atoms with Crippen LogP contribution in [0, 0.1) is 0 Å². The van der Waals surface area contributed by atoms with Gasteiger partial charge in [0, 0.05) is 62.4 Å². The van der Waals surface area contributed by atoms with E-state index in [1.807, 2.05) is 61.5 Å². The Hall–Kier alpha value is -3.67. The average Bonchev–Trinajstić information content (AvgIpc) is 3.42. The number of anilines is 1. The summed E-state index contributed by atoms with van der Waals surface area (Å²) in [6.45, 7) is 0.276. The summed E-state index contributed by atoms with van der Waals surface area (Å²) in [5.74, 6) is 1.48. The van der Waals surface area contributed by atoms with E-state index in [2.05, 4.69) is 20.0 Å². The van der Waals surface area contributed by atoms with E-state index in [0.717, 1.165) is 16.3 Å². The molecule has 4 rings (SSSR count). The average molecular weight is 552 g/mol. The minimum Gasteiger partial charge on any atom is -0.436 e. The SMILES string of the molecule is CN(C)c1ccc(-c2cnc(-c3ccc(S(=O)(=O)NCCNC(=O)CCSc4ccccn4)cc3)o2)cc1. The summed E-state index contributed by atoms with van der Waals surface area (Å²) in [6.07, 6.45) is 3.68. The summed E-state index contributed by atoms with van der Waals surface area (Å²) in [7, 11) is 0.228. The van der Waals surface area contributed by atoms with E-state index in [0.29, 0.717) is 29.4 Å². The van der Waals surface area contributed by atoms with Crippen molar-refractivity contribution in [3.05, 3.63) is 79.1 Å². The normalized spacial score (nSPS) is 11.3. The van der Waals surface area contributed by atoms with Gasteiger partial charge in [-0.3, -0.25) is 4.79 Å². The standard InChI is InChI=1S/C27H29N5O4S2/c1-32(2)22-10-6-20(7-11-22)24-19-30-27(36-24)21-8-12-23(13-9-21)38(34,35)31-17-16-28-25(33)14-18-37-26-5-3-4-15-29-26/h3-13,15,19,31H,14,16-18H2,1-2H3,(H,28,33). The zero-order valence-electron chi connectivity index (χ0n) is 21.1. The first kappa shape index (κ1) is 27.4. The fourth-order valence-electron chi connectivity index (χ4n) is 3.48. The van der Waals surface area contributed by atoms with Crippen LogP contribution in [0.2, 0.25) is 0 Å². The first-order valence-corrected chi connectivity index (χ1v) is 14.4. The summed E-state index contributed by atoms with van der Waals surface area (Å²) in [5, 5.41) is 3.58. The molecular formula is C27H29N5O4S2. The van der Waals surface area contributed by atoms with Gasteiger partial charge in [-0.1, -0.05) is 6.07 Å². The Morgan fingerprint density at radius 1 is 0.947 bits per heavy atom. The molecule has 0 aliphatic carbocycles. The maximum absolute atomic E-state index is 12.6. The number of hydrogen-bond donors (Lipinski definition) is 2. The van der Waals surface area contributed by atoms with Crippen molar-refractivity contribution in [3.8, 4) is 22.8 Å². The minimum atomic E-state index is -3.73. The van der Waals surface area contributed by atoms with Crippen molar-refractivity contribution in [3.63, 3.8) is 0 Å². The number of aromatic nitrogens is 2. The number of sulfonamides is 1. The lowest BCUT2D eigenvalue weighted by Crippen LogP contribution is -2.34. The lowest BCUT2D eigenvalue weighted by molar-refractivity contribution is -0.120. The van der Waals surface area contributed by atoms with Crippen LogP contribution in [0.5, 0.6) is 0 Å². The van der Waals surface area contributed by atoms with Crippen LogP contribution in [-0.2, 0) is 14.8 Å². The molecule has 9 nitrogen and oxygen atoms in total. The molecule has 198 valence electrons. The first-order chi connectivity index (χ1) is 18.3. The Morgan fingerprint density at radius 3 is 2.37 bits per heavy atom. The van der Waals surface area contributed by atoms with Crippen LogP contribution in [0.1, 0.15) is 6.42 Å². The fourth-order valence-corrected chi connectivity index (χ4v) is 5.32. The molecule has 0 spiro atoms. The summed E-state index contributed by atoms with van der Waals surface area (Å²) in [5.41, 5.74) is 2.64. The second-order valence-electron chi connectivity index (χ2n) is 8.51. The third kappa shape index (κ3) is 7.44. The molecule has 11 heteroatoms. The van der Waals surface area contributed by atoms with Crippen molar-refractivity contribution in [1.29, 1.82) is 0 Å². The van der Waals surface area contributed by atoms with Crippen molar-refractivity contribution >= 4 is 33.4 Å². The number of oxazole rings is 1. The molecule has 0 saturated heterocycles. The third-order valence-electron chi connectivity index (χ3n) is 5.54. The molecular weight excluding hydrogens is 522 g/mol. The molecule has 0 unspecified atom stereocenters. The number of nitrogens with one attached hydrogen (secondary N) is 2. The minimum absolute atomic E-state index is 0.0823. The van der Waals surface area contributed by atoms with Crippen molar-refractivity contribution in [2.45, 2.75) is 16.3 Å². The monoisotopic (exact) mass is 551 g/mol. The molecule has 2 aromatic carbocycles. The van der Waals surface area contributed by atoms with E-state index in [1.54, 1.807) is 24.5 Å². The fraction of sp³-hybridized carbons (Fsp3) is 0.222. The van der Waals surface area contributed by atoms with E-state index in [9.17, 15) is 13.2 Å². The highest BCUT2D eigenvalue weighted by Crippen LogP contribution is 2.28. The molecule has 0 atom stereocenters. The van der Waals surface area contributed by atoms with Crippen LogP contribution in [0.25, 0.3) is 22.8 Å². The van der Waals surface area contributed by atoms with Gasteiger partial charge in [0.1, 0.15) is 0 Å². The van der Waals surface area contributed by atoms with Crippen LogP contribution in [0.3, 0.4) is 0 Å². The summed E-state index contributed by atoms with van der Waals surface area (Å²) in [4.78, 5) is 22.7. The second-order valence-corrected chi connectivity index (χ2v) is 11.4. The van der Waals surface area contributed by atoms with Gasteiger partial charge in [0.25, 0.3) is 0 Å². The summed E-state index contributed by atoms with van der Waals surface area (Å²) < 4.78 is 33.7.